The number of halogens is 1. The SMILES string of the molecule is O=C(N[C@H]1CN2CCC1CC2)C12CC3C[C@](CCCl)(C1)C[C@@](c1ccccc1)(C3)C2. The van der Waals surface area contributed by atoms with Crippen LogP contribution in [0.15, 0.2) is 30.3 Å². The molecule has 0 spiro atoms. The quantitative estimate of drug-likeness (QED) is 0.690. The minimum atomic E-state index is -0.187. The number of carbonyl (C=O) groups excluding carboxylic acids is 1. The molecule has 1 aromatic carbocycles. The highest BCUT2D eigenvalue weighted by molar-refractivity contribution is 6.17. The van der Waals surface area contributed by atoms with Gasteiger partial charge in [0.1, 0.15) is 0 Å². The van der Waals surface area contributed by atoms with E-state index in [9.17, 15) is 4.79 Å². The predicted octanol–water partition coefficient (Wildman–Crippen LogP) is 4.73. The molecular formula is C26H35ClN2O. The van der Waals surface area contributed by atoms with Crippen molar-refractivity contribution >= 4 is 17.5 Å². The highest BCUT2D eigenvalue weighted by Crippen LogP contribution is 2.71. The van der Waals surface area contributed by atoms with Crippen LogP contribution < -0.4 is 5.32 Å². The number of hydrogen-bond donors (Lipinski definition) is 1. The average molecular weight is 427 g/mol. The molecule has 0 aromatic heterocycles. The summed E-state index contributed by atoms with van der Waals surface area (Å²) in [6.45, 7) is 3.51. The molecule has 0 radical (unpaired) electrons. The number of amides is 1. The van der Waals surface area contributed by atoms with Gasteiger partial charge in [0.15, 0.2) is 0 Å². The topological polar surface area (TPSA) is 32.3 Å². The summed E-state index contributed by atoms with van der Waals surface area (Å²) in [4.78, 5) is 16.5. The molecule has 30 heavy (non-hydrogen) atoms. The van der Waals surface area contributed by atoms with Gasteiger partial charge in [0.25, 0.3) is 0 Å². The molecule has 1 amide bonds. The molecule has 4 aliphatic carbocycles. The lowest BCUT2D eigenvalue weighted by atomic mass is 9.38. The van der Waals surface area contributed by atoms with Gasteiger partial charge in [-0.1, -0.05) is 30.3 Å². The Hall–Kier alpha value is -1.06. The van der Waals surface area contributed by atoms with Gasteiger partial charge in [-0.25, -0.2) is 0 Å². The summed E-state index contributed by atoms with van der Waals surface area (Å²) in [7, 11) is 0. The van der Waals surface area contributed by atoms with E-state index in [0.717, 1.165) is 38.1 Å². The highest BCUT2D eigenvalue weighted by atomic mass is 35.5. The van der Waals surface area contributed by atoms with Crippen molar-refractivity contribution in [1.82, 2.24) is 10.2 Å². The van der Waals surface area contributed by atoms with E-state index in [4.69, 9.17) is 11.6 Å². The van der Waals surface area contributed by atoms with Gasteiger partial charge in [-0.05, 0) is 99.1 Å². The van der Waals surface area contributed by atoms with Gasteiger partial charge in [-0.15, -0.1) is 11.6 Å². The number of nitrogens with zero attached hydrogens (tertiary/aromatic N) is 1. The molecule has 1 N–H and O–H groups in total. The monoisotopic (exact) mass is 426 g/mol. The largest absolute Gasteiger partial charge is 0.351 e. The first-order valence-corrected chi connectivity index (χ1v) is 12.7. The zero-order valence-corrected chi connectivity index (χ0v) is 18.8. The Morgan fingerprint density at radius 3 is 2.57 bits per heavy atom. The summed E-state index contributed by atoms with van der Waals surface area (Å²) in [5.41, 5.74) is 1.70. The summed E-state index contributed by atoms with van der Waals surface area (Å²) in [6, 6.07) is 11.5. The van der Waals surface area contributed by atoms with Crippen molar-refractivity contribution in [2.24, 2.45) is 22.7 Å². The van der Waals surface area contributed by atoms with E-state index < -0.39 is 0 Å². The van der Waals surface area contributed by atoms with Gasteiger partial charge in [0.05, 0.1) is 5.41 Å². The number of benzene rings is 1. The number of rotatable bonds is 5. The highest BCUT2D eigenvalue weighted by Gasteiger charge is 2.65. The lowest BCUT2D eigenvalue weighted by molar-refractivity contribution is -0.164. The summed E-state index contributed by atoms with van der Waals surface area (Å²) >= 11 is 6.35. The van der Waals surface area contributed by atoms with Crippen molar-refractivity contribution in [2.45, 2.75) is 69.2 Å². The molecule has 3 heterocycles. The molecule has 3 aliphatic heterocycles. The Labute approximate surface area is 185 Å². The first kappa shape index (κ1) is 19.6. The van der Waals surface area contributed by atoms with E-state index in [1.54, 1.807) is 0 Å². The normalized spacial score (nSPS) is 46.2. The third kappa shape index (κ3) is 2.98. The molecular weight excluding hydrogens is 392 g/mol. The molecule has 162 valence electrons. The Morgan fingerprint density at radius 2 is 1.87 bits per heavy atom. The van der Waals surface area contributed by atoms with E-state index in [2.05, 4.69) is 40.5 Å². The fourth-order valence-corrected chi connectivity index (χ4v) is 9.34. The van der Waals surface area contributed by atoms with Crippen LogP contribution >= 0.6 is 11.6 Å². The first-order chi connectivity index (χ1) is 14.5. The van der Waals surface area contributed by atoms with Crippen molar-refractivity contribution in [3.05, 3.63) is 35.9 Å². The number of hydrogen-bond acceptors (Lipinski definition) is 2. The lowest BCUT2D eigenvalue weighted by Crippen LogP contribution is -2.65. The molecule has 3 saturated heterocycles. The van der Waals surface area contributed by atoms with Gasteiger partial charge in [0.2, 0.25) is 5.91 Å². The standard InChI is InChI=1S/C26H35ClN2O/c27-9-8-24-12-19-13-25(16-24,21-4-2-1-3-5-21)18-26(14-19,17-24)23(30)28-22-15-29-10-6-20(22)7-11-29/h1-5,19-20,22H,6-18H2,(H,28,30)/t19?,22-,24-,25-,26?/m0/s1. The molecule has 1 aromatic rings. The van der Waals surface area contributed by atoms with E-state index in [1.807, 2.05) is 0 Å². The van der Waals surface area contributed by atoms with Gasteiger partial charge in [-0.2, -0.15) is 0 Å². The minimum absolute atomic E-state index is 0.166. The summed E-state index contributed by atoms with van der Waals surface area (Å²) in [6.07, 6.45) is 10.5. The number of alkyl halides is 1. The van der Waals surface area contributed by atoms with Crippen LogP contribution in [0.3, 0.4) is 0 Å². The van der Waals surface area contributed by atoms with Crippen LogP contribution in [0, 0.1) is 22.7 Å². The lowest BCUT2D eigenvalue weighted by Gasteiger charge is -2.66. The molecule has 4 saturated carbocycles. The smallest absolute Gasteiger partial charge is 0.226 e. The van der Waals surface area contributed by atoms with Crippen LogP contribution in [0.2, 0.25) is 0 Å². The van der Waals surface area contributed by atoms with Crippen molar-refractivity contribution < 1.29 is 4.79 Å². The molecule has 8 rings (SSSR count). The zero-order chi connectivity index (χ0) is 20.4. The third-order valence-corrected chi connectivity index (χ3v) is 9.84. The fraction of sp³-hybridized carbons (Fsp3) is 0.731. The van der Waals surface area contributed by atoms with E-state index >= 15 is 0 Å². The molecule has 4 heteroatoms. The van der Waals surface area contributed by atoms with Crippen LogP contribution in [-0.2, 0) is 10.2 Å². The summed E-state index contributed by atoms with van der Waals surface area (Å²) in [5.74, 6) is 2.45. The average Bonchev–Trinajstić information content (AvgIpc) is 2.74. The number of fused-ring (bicyclic) bond motifs is 3. The van der Waals surface area contributed by atoms with Gasteiger partial charge >= 0.3 is 0 Å². The molecule has 2 unspecified atom stereocenters. The number of nitrogens with one attached hydrogen (secondary N) is 1. The van der Waals surface area contributed by atoms with Crippen LogP contribution in [0.25, 0.3) is 0 Å². The molecule has 6 bridgehead atoms. The maximum atomic E-state index is 14.0. The zero-order valence-electron chi connectivity index (χ0n) is 18.0. The molecule has 5 atom stereocenters. The molecule has 7 fully saturated rings. The summed E-state index contributed by atoms with van der Waals surface area (Å²) < 4.78 is 0. The maximum Gasteiger partial charge on any atom is 0.226 e. The Kier molecular flexibility index (Phi) is 4.56. The predicted molar refractivity (Wildman–Crippen MR) is 121 cm³/mol. The minimum Gasteiger partial charge on any atom is -0.351 e. The first-order valence-electron chi connectivity index (χ1n) is 12.2. The van der Waals surface area contributed by atoms with Gasteiger partial charge < -0.3 is 10.2 Å². The third-order valence-electron chi connectivity index (χ3n) is 9.65. The number of piperidine rings is 3. The van der Waals surface area contributed by atoms with E-state index in [0.29, 0.717) is 23.8 Å². The Morgan fingerprint density at radius 1 is 1.07 bits per heavy atom. The van der Waals surface area contributed by atoms with Crippen molar-refractivity contribution in [3.63, 3.8) is 0 Å². The second kappa shape index (κ2) is 6.97. The second-order valence-electron chi connectivity index (χ2n) is 11.6. The van der Waals surface area contributed by atoms with Crippen LogP contribution in [0.4, 0.5) is 0 Å². The maximum absolute atomic E-state index is 14.0. The van der Waals surface area contributed by atoms with Crippen LogP contribution in [-0.4, -0.2) is 42.4 Å². The van der Waals surface area contributed by atoms with Crippen LogP contribution in [0.1, 0.15) is 63.4 Å². The molecule has 7 aliphatic rings. The molecule has 3 nitrogen and oxygen atoms in total. The number of carbonyl (C=O) groups is 1. The van der Waals surface area contributed by atoms with E-state index in [-0.39, 0.29) is 16.2 Å². The Balaban J connectivity index is 1.33. The van der Waals surface area contributed by atoms with Crippen molar-refractivity contribution in [2.75, 3.05) is 25.5 Å². The Bertz CT molecular complexity index is 822. The van der Waals surface area contributed by atoms with Gasteiger partial charge in [0, 0.05) is 18.5 Å². The van der Waals surface area contributed by atoms with Crippen molar-refractivity contribution in [1.29, 1.82) is 0 Å². The second-order valence-corrected chi connectivity index (χ2v) is 12.0. The summed E-state index contributed by atoms with van der Waals surface area (Å²) in [5, 5.41) is 3.62. The van der Waals surface area contributed by atoms with Crippen molar-refractivity contribution in [3.8, 4) is 0 Å². The van der Waals surface area contributed by atoms with Gasteiger partial charge in [-0.3, -0.25) is 4.79 Å². The van der Waals surface area contributed by atoms with E-state index in [1.165, 1.54) is 50.8 Å². The fourth-order valence-electron chi connectivity index (χ4n) is 8.93. The van der Waals surface area contributed by atoms with Crippen LogP contribution in [0.5, 0.6) is 0 Å².